The van der Waals surface area contributed by atoms with Gasteiger partial charge in [-0.15, -0.1) is 0 Å². The van der Waals surface area contributed by atoms with Crippen LogP contribution in [0, 0.1) is 11.8 Å². The normalized spacial score (nSPS) is 15.9. The van der Waals surface area contributed by atoms with Gasteiger partial charge in [-0.05, 0) is 12.8 Å². The first-order valence-electron chi connectivity index (χ1n) is 4.08. The molecule has 0 aromatic heterocycles. The van der Waals surface area contributed by atoms with Crippen LogP contribution in [-0.2, 0) is 0 Å². The van der Waals surface area contributed by atoms with Crippen molar-refractivity contribution in [3.8, 4) is 11.8 Å². The van der Waals surface area contributed by atoms with Crippen molar-refractivity contribution < 1.29 is 44.6 Å². The molecule has 0 radical (unpaired) electrons. The van der Waals surface area contributed by atoms with Crippen LogP contribution in [0.3, 0.4) is 0 Å². The first kappa shape index (κ1) is 16.9. The molecule has 106 valence electrons. The molecular formula is C8H5F9O. The number of aliphatic hydroxyl groups excluding tert-OH is 1. The van der Waals surface area contributed by atoms with E-state index in [-0.39, 0.29) is 5.92 Å². The maximum atomic E-state index is 12.8. The molecule has 0 rings (SSSR count). The zero-order valence-electron chi connectivity index (χ0n) is 8.43. The SMILES string of the molecule is CC(O)C#CC(F)(F)C(F)(C(F)(F)F)C(F)(F)F. The van der Waals surface area contributed by atoms with E-state index < -0.39 is 30.0 Å². The lowest BCUT2D eigenvalue weighted by atomic mass is 9.96. The van der Waals surface area contributed by atoms with Crippen LogP contribution in [0.15, 0.2) is 0 Å². The van der Waals surface area contributed by atoms with Crippen LogP contribution in [0.2, 0.25) is 0 Å². The molecule has 0 aliphatic rings. The summed E-state index contributed by atoms with van der Waals surface area (Å²) >= 11 is 0. The highest BCUT2D eigenvalue weighted by atomic mass is 19.4. The van der Waals surface area contributed by atoms with Crippen molar-refractivity contribution in [2.75, 3.05) is 0 Å². The maximum Gasteiger partial charge on any atom is 0.438 e. The van der Waals surface area contributed by atoms with Crippen LogP contribution in [0.5, 0.6) is 0 Å². The molecule has 0 spiro atoms. The predicted molar refractivity (Wildman–Crippen MR) is 40.4 cm³/mol. The third-order valence-electron chi connectivity index (χ3n) is 1.65. The van der Waals surface area contributed by atoms with E-state index in [1.807, 2.05) is 0 Å². The average Bonchev–Trinajstić information content (AvgIpc) is 2.09. The largest absolute Gasteiger partial charge is 0.438 e. The second-order valence-electron chi connectivity index (χ2n) is 3.17. The van der Waals surface area contributed by atoms with Gasteiger partial charge in [0.2, 0.25) is 0 Å². The Hall–Kier alpha value is -1.11. The highest BCUT2D eigenvalue weighted by molar-refractivity contribution is 5.22. The molecule has 1 N–H and O–H groups in total. The molecule has 0 bridgehead atoms. The number of alkyl halides is 9. The van der Waals surface area contributed by atoms with Crippen LogP contribution in [-0.4, -0.2) is 35.2 Å². The Labute approximate surface area is 94.6 Å². The minimum absolute atomic E-state index is 0.164. The lowest BCUT2D eigenvalue weighted by Gasteiger charge is -2.33. The zero-order chi connectivity index (χ0) is 15.0. The van der Waals surface area contributed by atoms with Crippen molar-refractivity contribution in [1.29, 1.82) is 0 Å². The minimum Gasteiger partial charge on any atom is -0.381 e. The molecule has 0 aliphatic carbocycles. The Balaban J connectivity index is 5.87. The van der Waals surface area contributed by atoms with Crippen LogP contribution in [0.1, 0.15) is 6.92 Å². The van der Waals surface area contributed by atoms with Crippen LogP contribution >= 0.6 is 0 Å². The average molecular weight is 288 g/mol. The van der Waals surface area contributed by atoms with Gasteiger partial charge in [0.25, 0.3) is 0 Å². The number of rotatable bonds is 1. The van der Waals surface area contributed by atoms with Crippen LogP contribution < -0.4 is 0 Å². The van der Waals surface area contributed by atoms with Gasteiger partial charge in [-0.25, -0.2) is 4.39 Å². The van der Waals surface area contributed by atoms with Crippen molar-refractivity contribution in [2.45, 2.75) is 37.0 Å². The molecule has 0 aromatic rings. The molecule has 1 nitrogen and oxygen atoms in total. The third kappa shape index (κ3) is 2.82. The molecule has 0 fully saturated rings. The van der Waals surface area contributed by atoms with E-state index in [9.17, 15) is 39.5 Å². The van der Waals surface area contributed by atoms with E-state index in [4.69, 9.17) is 5.11 Å². The van der Waals surface area contributed by atoms with Gasteiger partial charge in [0.05, 0.1) is 0 Å². The molecular weight excluding hydrogens is 283 g/mol. The second-order valence-corrected chi connectivity index (χ2v) is 3.17. The number of hydrogen-bond acceptors (Lipinski definition) is 1. The highest BCUT2D eigenvalue weighted by Crippen LogP contribution is 2.54. The summed E-state index contributed by atoms with van der Waals surface area (Å²) in [7, 11) is 0. The van der Waals surface area contributed by atoms with Gasteiger partial charge < -0.3 is 5.11 Å². The Morgan fingerprint density at radius 3 is 1.39 bits per heavy atom. The van der Waals surface area contributed by atoms with E-state index >= 15 is 0 Å². The molecule has 0 amide bonds. The van der Waals surface area contributed by atoms with E-state index in [0.29, 0.717) is 6.92 Å². The molecule has 0 saturated heterocycles. The summed E-state index contributed by atoms with van der Waals surface area (Å²) in [5, 5.41) is 8.40. The summed E-state index contributed by atoms with van der Waals surface area (Å²) in [6.07, 6.45) is -15.8. The predicted octanol–water partition coefficient (Wildman–Crippen LogP) is 2.84. The molecule has 0 heterocycles. The van der Waals surface area contributed by atoms with Gasteiger partial charge in [0.1, 0.15) is 6.10 Å². The fourth-order valence-corrected chi connectivity index (χ4v) is 0.798. The Bertz CT molecular complexity index is 339. The summed E-state index contributed by atoms with van der Waals surface area (Å²) < 4.78 is 110. The molecule has 0 saturated carbocycles. The molecule has 18 heavy (non-hydrogen) atoms. The van der Waals surface area contributed by atoms with Crippen LogP contribution in [0.25, 0.3) is 0 Å². The zero-order valence-corrected chi connectivity index (χ0v) is 8.43. The number of hydrogen-bond donors (Lipinski definition) is 1. The van der Waals surface area contributed by atoms with Gasteiger partial charge in [0, 0.05) is 0 Å². The quantitative estimate of drug-likeness (QED) is 0.581. The summed E-state index contributed by atoms with van der Waals surface area (Å²) in [6.45, 7) is 0.699. The minimum atomic E-state index is -6.91. The monoisotopic (exact) mass is 288 g/mol. The highest BCUT2D eigenvalue weighted by Gasteiger charge is 2.84. The van der Waals surface area contributed by atoms with Gasteiger partial charge >= 0.3 is 23.9 Å². The van der Waals surface area contributed by atoms with E-state index in [2.05, 4.69) is 0 Å². The third-order valence-corrected chi connectivity index (χ3v) is 1.65. The molecule has 0 aromatic carbocycles. The van der Waals surface area contributed by atoms with Crippen molar-refractivity contribution in [3.05, 3.63) is 0 Å². The number of halogens is 9. The molecule has 10 heteroatoms. The smallest absolute Gasteiger partial charge is 0.381 e. The summed E-state index contributed by atoms with van der Waals surface area (Å²) in [4.78, 5) is 0. The Kier molecular flexibility index (Phi) is 4.25. The van der Waals surface area contributed by atoms with Crippen LogP contribution in [0.4, 0.5) is 39.5 Å². The summed E-state index contributed by atoms with van der Waals surface area (Å²) in [6, 6.07) is 0. The van der Waals surface area contributed by atoms with Gasteiger partial charge in [-0.2, -0.15) is 35.1 Å². The lowest BCUT2D eigenvalue weighted by molar-refractivity contribution is -0.385. The first-order chi connectivity index (χ1) is 7.67. The topological polar surface area (TPSA) is 20.2 Å². The maximum absolute atomic E-state index is 12.8. The van der Waals surface area contributed by atoms with Crippen molar-refractivity contribution in [1.82, 2.24) is 0 Å². The van der Waals surface area contributed by atoms with Gasteiger partial charge in [0.15, 0.2) is 0 Å². The van der Waals surface area contributed by atoms with Gasteiger partial charge in [-0.3, -0.25) is 0 Å². The fourth-order valence-electron chi connectivity index (χ4n) is 0.798. The van der Waals surface area contributed by atoms with E-state index in [0.717, 1.165) is 5.92 Å². The van der Waals surface area contributed by atoms with Crippen molar-refractivity contribution in [2.24, 2.45) is 0 Å². The molecule has 1 atom stereocenters. The van der Waals surface area contributed by atoms with E-state index in [1.165, 1.54) is 0 Å². The van der Waals surface area contributed by atoms with E-state index in [1.54, 1.807) is 0 Å². The Morgan fingerprint density at radius 2 is 1.17 bits per heavy atom. The second kappa shape index (κ2) is 4.53. The summed E-state index contributed by atoms with van der Waals surface area (Å²) in [5.41, 5.74) is -6.81. The van der Waals surface area contributed by atoms with Crippen molar-refractivity contribution in [3.63, 3.8) is 0 Å². The number of aliphatic hydroxyl groups is 1. The Morgan fingerprint density at radius 1 is 0.833 bits per heavy atom. The summed E-state index contributed by atoms with van der Waals surface area (Å²) in [5.74, 6) is -4.97. The fraction of sp³-hybridized carbons (Fsp3) is 0.750. The molecule has 1 unspecified atom stereocenters. The van der Waals surface area contributed by atoms with Crippen molar-refractivity contribution >= 4 is 0 Å². The lowest BCUT2D eigenvalue weighted by Crippen LogP contribution is -2.64. The van der Waals surface area contributed by atoms with Gasteiger partial charge in [-0.1, -0.05) is 5.92 Å². The first-order valence-corrected chi connectivity index (χ1v) is 4.08. The standard InChI is InChI=1S/C8H5F9O/c1-4(18)2-3-5(9,10)6(11,7(12,13)14)8(15,16)17/h4,18H,1H3. The molecule has 0 aliphatic heterocycles.